The normalized spacial score (nSPS) is 12.4. The van der Waals surface area contributed by atoms with Crippen molar-refractivity contribution in [3.05, 3.63) is 46.3 Å². The van der Waals surface area contributed by atoms with Gasteiger partial charge in [0.25, 0.3) is 0 Å². The Morgan fingerprint density at radius 3 is 2.59 bits per heavy atom. The molecule has 0 bridgehead atoms. The quantitative estimate of drug-likeness (QED) is 0.750. The molecule has 0 aliphatic heterocycles. The first-order valence-corrected chi connectivity index (χ1v) is 8.72. The second-order valence-electron chi connectivity index (χ2n) is 4.25. The summed E-state index contributed by atoms with van der Waals surface area (Å²) in [6.07, 6.45) is -3.38. The maximum Gasteiger partial charge on any atom is 0.443 e. The van der Waals surface area contributed by atoms with E-state index in [0.717, 1.165) is 0 Å². The average Bonchev–Trinajstić information content (AvgIpc) is 2.88. The highest BCUT2D eigenvalue weighted by atomic mass is 35.5. The molecule has 2 rings (SSSR count). The van der Waals surface area contributed by atoms with Gasteiger partial charge in [0.15, 0.2) is 14.8 Å². The fraction of sp³-hybridized carbons (Fsp3) is 0.154. The third-order valence-corrected chi connectivity index (χ3v) is 5.44. The lowest BCUT2D eigenvalue weighted by Gasteiger charge is -2.08. The molecule has 1 aromatic heterocycles. The van der Waals surface area contributed by atoms with Crippen LogP contribution >= 0.6 is 22.9 Å². The Morgan fingerprint density at radius 1 is 1.36 bits per heavy atom. The molecule has 0 atom stereocenters. The summed E-state index contributed by atoms with van der Waals surface area (Å²) < 4.78 is 62.3. The molecule has 118 valence electrons. The van der Waals surface area contributed by atoms with Gasteiger partial charge in [0.05, 0.1) is 16.3 Å². The number of aromatic nitrogens is 1. The highest BCUT2D eigenvalue weighted by molar-refractivity contribution is 7.91. The lowest BCUT2D eigenvalue weighted by atomic mass is 10.2. The minimum Gasteiger partial charge on any atom is -0.232 e. The molecule has 0 spiro atoms. The molecule has 22 heavy (non-hydrogen) atoms. The third kappa shape index (κ3) is 3.50. The smallest absolute Gasteiger partial charge is 0.232 e. The first-order chi connectivity index (χ1) is 10.1. The van der Waals surface area contributed by atoms with Crippen LogP contribution in [0.25, 0.3) is 11.3 Å². The Hall–Kier alpha value is -1.38. The molecule has 0 radical (unpaired) electrons. The molecule has 0 saturated carbocycles. The van der Waals surface area contributed by atoms with Gasteiger partial charge in [-0.25, -0.2) is 13.4 Å². The summed E-state index contributed by atoms with van der Waals surface area (Å²) in [7, 11) is -3.76. The van der Waals surface area contributed by atoms with Crippen molar-refractivity contribution in [2.75, 3.05) is 5.75 Å². The molecule has 0 unspecified atom stereocenters. The van der Waals surface area contributed by atoms with Gasteiger partial charge in [-0.1, -0.05) is 17.7 Å². The van der Waals surface area contributed by atoms with E-state index in [-0.39, 0.29) is 26.9 Å². The van der Waals surface area contributed by atoms with Crippen LogP contribution in [0.2, 0.25) is 5.02 Å². The fourth-order valence-electron chi connectivity index (χ4n) is 1.74. The van der Waals surface area contributed by atoms with Crippen LogP contribution in [0.4, 0.5) is 13.2 Å². The van der Waals surface area contributed by atoms with Crippen molar-refractivity contribution >= 4 is 32.8 Å². The second-order valence-corrected chi connectivity index (χ2v) is 7.54. The van der Waals surface area contributed by atoms with Crippen LogP contribution in [0.3, 0.4) is 0 Å². The Morgan fingerprint density at radius 2 is 2.05 bits per heavy atom. The van der Waals surface area contributed by atoms with Crippen molar-refractivity contribution < 1.29 is 21.6 Å². The lowest BCUT2D eigenvalue weighted by Crippen LogP contribution is -2.07. The summed E-state index contributed by atoms with van der Waals surface area (Å²) in [5.74, 6) is -0.351. The van der Waals surface area contributed by atoms with Crippen molar-refractivity contribution in [2.24, 2.45) is 0 Å². The van der Waals surface area contributed by atoms with E-state index in [1.54, 1.807) is 0 Å². The van der Waals surface area contributed by atoms with E-state index < -0.39 is 21.0 Å². The zero-order valence-electron chi connectivity index (χ0n) is 10.9. The number of nitrogens with zero attached hydrogens (tertiary/aromatic N) is 1. The third-order valence-electron chi connectivity index (χ3n) is 2.64. The molecule has 0 fully saturated rings. The summed E-state index contributed by atoms with van der Waals surface area (Å²) in [5.41, 5.74) is 0.0228. The first kappa shape index (κ1) is 17.0. The molecule has 0 aliphatic carbocycles. The molecule has 0 saturated heterocycles. The highest BCUT2D eigenvalue weighted by Crippen LogP contribution is 2.36. The van der Waals surface area contributed by atoms with E-state index in [1.165, 1.54) is 29.7 Å². The highest BCUT2D eigenvalue weighted by Gasteiger charge is 2.35. The number of rotatable bonds is 4. The maximum atomic E-state index is 12.6. The molecule has 3 nitrogen and oxygen atoms in total. The van der Waals surface area contributed by atoms with Gasteiger partial charge in [0.2, 0.25) is 0 Å². The van der Waals surface area contributed by atoms with Crippen molar-refractivity contribution in [1.82, 2.24) is 4.98 Å². The Bertz CT molecular complexity index is 813. The van der Waals surface area contributed by atoms with Crippen LogP contribution in [0.15, 0.2) is 41.1 Å². The van der Waals surface area contributed by atoms with E-state index in [9.17, 15) is 21.6 Å². The van der Waals surface area contributed by atoms with Gasteiger partial charge in [0.1, 0.15) is 0 Å². The minimum atomic E-state index is -4.57. The van der Waals surface area contributed by atoms with Gasteiger partial charge >= 0.3 is 6.18 Å². The molecule has 1 aromatic carbocycles. The number of sulfone groups is 1. The number of benzene rings is 1. The number of hydrogen-bond acceptors (Lipinski definition) is 4. The number of hydrogen-bond donors (Lipinski definition) is 0. The minimum absolute atomic E-state index is 0.0587. The van der Waals surface area contributed by atoms with Crippen LogP contribution in [0, 0.1) is 0 Å². The predicted octanol–water partition coefficient (Wildman–Crippen LogP) is 4.44. The average molecular weight is 368 g/mol. The van der Waals surface area contributed by atoms with Gasteiger partial charge in [-0.2, -0.15) is 13.2 Å². The van der Waals surface area contributed by atoms with Crippen LogP contribution < -0.4 is 0 Å². The zero-order chi connectivity index (χ0) is 16.5. The van der Waals surface area contributed by atoms with Crippen molar-refractivity contribution in [3.63, 3.8) is 0 Å². The molecule has 0 N–H and O–H groups in total. The molecule has 0 aliphatic rings. The monoisotopic (exact) mass is 367 g/mol. The van der Waals surface area contributed by atoms with E-state index in [2.05, 4.69) is 11.6 Å². The first-order valence-electron chi connectivity index (χ1n) is 5.81. The molecule has 1 heterocycles. The van der Waals surface area contributed by atoms with E-state index in [1.807, 2.05) is 0 Å². The molecule has 0 amide bonds. The standard InChI is InChI=1S/C13H9ClF3NO2S2/c1-2-5-22(19,20)11-6-8(14)3-4-9(11)10-7-21-12(18-10)13(15,16)17/h2-4,6-7H,1,5H2. The van der Waals surface area contributed by atoms with Crippen molar-refractivity contribution in [3.8, 4) is 11.3 Å². The predicted molar refractivity (Wildman–Crippen MR) is 79.8 cm³/mol. The second kappa shape index (κ2) is 6.02. The molecule has 2 aromatic rings. The van der Waals surface area contributed by atoms with E-state index in [0.29, 0.717) is 11.3 Å². The van der Waals surface area contributed by atoms with Gasteiger partial charge in [0, 0.05) is 16.0 Å². The zero-order valence-corrected chi connectivity index (χ0v) is 13.3. The van der Waals surface area contributed by atoms with Gasteiger partial charge in [-0.3, -0.25) is 0 Å². The van der Waals surface area contributed by atoms with Crippen LogP contribution in [0.5, 0.6) is 0 Å². The van der Waals surface area contributed by atoms with E-state index >= 15 is 0 Å². The molecular formula is C13H9ClF3NO2S2. The van der Waals surface area contributed by atoms with Gasteiger partial charge in [-0.15, -0.1) is 17.9 Å². The summed E-state index contributed by atoms with van der Waals surface area (Å²) in [6.45, 7) is 3.36. The summed E-state index contributed by atoms with van der Waals surface area (Å²) in [6, 6.07) is 3.94. The van der Waals surface area contributed by atoms with Gasteiger partial charge in [-0.05, 0) is 18.2 Å². The molecule has 9 heteroatoms. The Balaban J connectivity index is 2.62. The largest absolute Gasteiger partial charge is 0.443 e. The SMILES string of the molecule is C=CCS(=O)(=O)c1cc(Cl)ccc1-c1csc(C(F)(F)F)n1. The van der Waals surface area contributed by atoms with Crippen LogP contribution in [-0.2, 0) is 16.0 Å². The number of halogens is 4. The summed E-state index contributed by atoms with van der Waals surface area (Å²) >= 11 is 6.20. The Labute approximate surface area is 134 Å². The van der Waals surface area contributed by atoms with Crippen LogP contribution in [0.1, 0.15) is 5.01 Å². The van der Waals surface area contributed by atoms with E-state index in [4.69, 9.17) is 11.6 Å². The number of alkyl halides is 3. The fourth-order valence-corrected chi connectivity index (χ4v) is 3.97. The van der Waals surface area contributed by atoms with Crippen LogP contribution in [-0.4, -0.2) is 19.2 Å². The van der Waals surface area contributed by atoms with Gasteiger partial charge < -0.3 is 0 Å². The lowest BCUT2D eigenvalue weighted by molar-refractivity contribution is -0.137. The summed E-state index contributed by atoms with van der Waals surface area (Å²) in [4.78, 5) is 3.31. The maximum absolute atomic E-state index is 12.6. The number of thiazole rings is 1. The topological polar surface area (TPSA) is 47.0 Å². The van der Waals surface area contributed by atoms with Crippen molar-refractivity contribution in [1.29, 1.82) is 0 Å². The summed E-state index contributed by atoms with van der Waals surface area (Å²) in [5, 5.41) is 0.293. The Kier molecular flexibility index (Phi) is 4.65. The molecular weight excluding hydrogens is 359 g/mol. The van der Waals surface area contributed by atoms with Crippen molar-refractivity contribution in [2.45, 2.75) is 11.1 Å².